The second-order valence-corrected chi connectivity index (χ2v) is 10.1. The number of rotatable bonds is 5. The Morgan fingerprint density at radius 1 is 1.00 bits per heavy atom. The number of nitriles is 1. The number of anilines is 1. The molecule has 1 saturated carbocycles. The lowest BCUT2D eigenvalue weighted by molar-refractivity contribution is -0.121. The normalized spacial score (nSPS) is 18.0. The van der Waals surface area contributed by atoms with E-state index in [1.165, 1.54) is 16.7 Å². The Hall–Kier alpha value is -2.85. The standard InChI is InChI=1S/C25H17Cl2N3O2S/c26-16-5-3-14(4-6-16)19-11-21(15-1-2-15)29-24(20(19)13-28)33-22-12-23(31)30(25(22)32)18-9-7-17(27)8-10-18/h3-11,15,22H,1-2,12H2/t22-/m0/s1. The van der Waals surface area contributed by atoms with Crippen molar-refractivity contribution in [2.45, 2.75) is 35.5 Å². The Bertz CT molecular complexity index is 1300. The molecule has 33 heavy (non-hydrogen) atoms. The maximum atomic E-state index is 13.2. The fourth-order valence-corrected chi connectivity index (χ4v) is 5.26. The fraction of sp³-hybridized carbons (Fsp3) is 0.200. The van der Waals surface area contributed by atoms with E-state index in [0.717, 1.165) is 29.7 Å². The molecule has 0 N–H and O–H groups in total. The summed E-state index contributed by atoms with van der Waals surface area (Å²) in [5.41, 5.74) is 3.42. The van der Waals surface area contributed by atoms with Crippen LogP contribution in [0.1, 0.15) is 36.4 Å². The molecular weight excluding hydrogens is 477 g/mol. The van der Waals surface area contributed by atoms with Crippen LogP contribution in [0.2, 0.25) is 10.0 Å². The first-order valence-corrected chi connectivity index (χ1v) is 12.1. The highest BCUT2D eigenvalue weighted by Gasteiger charge is 2.41. The molecule has 1 saturated heterocycles. The van der Waals surface area contributed by atoms with E-state index < -0.39 is 5.25 Å². The van der Waals surface area contributed by atoms with Crippen LogP contribution >= 0.6 is 35.0 Å². The van der Waals surface area contributed by atoms with E-state index in [0.29, 0.717) is 32.2 Å². The molecule has 2 amide bonds. The Labute approximate surface area is 205 Å². The summed E-state index contributed by atoms with van der Waals surface area (Å²) in [5.74, 6) is -0.243. The fourth-order valence-electron chi connectivity index (χ4n) is 3.87. The zero-order valence-corrected chi connectivity index (χ0v) is 19.6. The van der Waals surface area contributed by atoms with Crippen molar-refractivity contribution < 1.29 is 9.59 Å². The molecule has 8 heteroatoms. The number of carbonyl (C=O) groups excluding carboxylic acids is 2. The molecule has 2 heterocycles. The summed E-state index contributed by atoms with van der Waals surface area (Å²) in [6.45, 7) is 0. The van der Waals surface area contributed by atoms with E-state index in [1.807, 2.05) is 18.2 Å². The first kappa shape index (κ1) is 22.0. The van der Waals surface area contributed by atoms with Crippen molar-refractivity contribution in [2.75, 3.05) is 4.90 Å². The summed E-state index contributed by atoms with van der Waals surface area (Å²) in [7, 11) is 0. The predicted octanol–water partition coefficient (Wildman–Crippen LogP) is 6.23. The number of carbonyl (C=O) groups is 2. The summed E-state index contributed by atoms with van der Waals surface area (Å²) in [6.07, 6.45) is 2.14. The molecule has 5 nitrogen and oxygen atoms in total. The zero-order valence-electron chi connectivity index (χ0n) is 17.3. The van der Waals surface area contributed by atoms with Crippen molar-refractivity contribution in [1.29, 1.82) is 5.26 Å². The average Bonchev–Trinajstić information content (AvgIpc) is 3.61. The Morgan fingerprint density at radius 3 is 2.24 bits per heavy atom. The summed E-state index contributed by atoms with van der Waals surface area (Å²) in [6, 6.07) is 18.1. The maximum absolute atomic E-state index is 13.2. The molecule has 2 aliphatic rings. The van der Waals surface area contributed by atoms with Gasteiger partial charge in [0.25, 0.3) is 0 Å². The lowest BCUT2D eigenvalue weighted by atomic mass is 10.0. The first-order valence-electron chi connectivity index (χ1n) is 10.4. The molecule has 0 unspecified atom stereocenters. The van der Waals surface area contributed by atoms with Crippen LogP contribution in [-0.4, -0.2) is 22.0 Å². The van der Waals surface area contributed by atoms with Crippen LogP contribution in [-0.2, 0) is 9.59 Å². The topological polar surface area (TPSA) is 74.1 Å². The number of hydrogen-bond acceptors (Lipinski definition) is 5. The van der Waals surface area contributed by atoms with E-state index >= 15 is 0 Å². The van der Waals surface area contributed by atoms with Crippen LogP contribution in [0.15, 0.2) is 59.6 Å². The quantitative estimate of drug-likeness (QED) is 0.393. The number of thioether (sulfide) groups is 1. The third-order valence-corrected chi connectivity index (χ3v) is 7.39. The van der Waals surface area contributed by atoms with Gasteiger partial charge in [0.15, 0.2) is 0 Å². The number of benzene rings is 2. The minimum atomic E-state index is -0.653. The molecule has 1 atom stereocenters. The van der Waals surface area contributed by atoms with Crippen molar-refractivity contribution >= 4 is 52.5 Å². The molecule has 5 rings (SSSR count). The minimum absolute atomic E-state index is 0.0443. The maximum Gasteiger partial charge on any atom is 0.247 e. The van der Waals surface area contributed by atoms with Gasteiger partial charge in [-0.1, -0.05) is 47.1 Å². The highest BCUT2D eigenvalue weighted by Crippen LogP contribution is 2.44. The lowest BCUT2D eigenvalue weighted by Gasteiger charge is -2.16. The van der Waals surface area contributed by atoms with Crippen LogP contribution in [0.5, 0.6) is 0 Å². The van der Waals surface area contributed by atoms with Crippen LogP contribution < -0.4 is 4.90 Å². The number of pyridine rings is 1. The third-order valence-electron chi connectivity index (χ3n) is 5.71. The smallest absolute Gasteiger partial charge is 0.247 e. The van der Waals surface area contributed by atoms with E-state index in [-0.39, 0.29) is 18.2 Å². The van der Waals surface area contributed by atoms with Gasteiger partial charge < -0.3 is 0 Å². The van der Waals surface area contributed by atoms with Crippen LogP contribution in [0, 0.1) is 11.3 Å². The Morgan fingerprint density at radius 2 is 1.64 bits per heavy atom. The summed E-state index contributed by atoms with van der Waals surface area (Å²) in [4.78, 5) is 31.8. The van der Waals surface area contributed by atoms with Gasteiger partial charge in [-0.3, -0.25) is 9.59 Å². The number of aromatic nitrogens is 1. The van der Waals surface area contributed by atoms with Gasteiger partial charge in [-0.15, -0.1) is 0 Å². The summed E-state index contributed by atoms with van der Waals surface area (Å²) < 4.78 is 0. The van der Waals surface area contributed by atoms with Gasteiger partial charge in [-0.05, 0) is 60.9 Å². The highest BCUT2D eigenvalue weighted by molar-refractivity contribution is 8.00. The Kier molecular flexibility index (Phi) is 5.88. The number of imide groups is 1. The van der Waals surface area contributed by atoms with Gasteiger partial charge in [0.1, 0.15) is 11.1 Å². The molecule has 164 valence electrons. The van der Waals surface area contributed by atoms with E-state index in [4.69, 9.17) is 28.2 Å². The minimum Gasteiger partial charge on any atom is -0.274 e. The van der Waals surface area contributed by atoms with Gasteiger partial charge in [0.2, 0.25) is 11.8 Å². The van der Waals surface area contributed by atoms with Crippen LogP contribution in [0.3, 0.4) is 0 Å². The van der Waals surface area contributed by atoms with Gasteiger partial charge in [0, 0.05) is 33.6 Å². The van der Waals surface area contributed by atoms with Gasteiger partial charge >= 0.3 is 0 Å². The largest absolute Gasteiger partial charge is 0.274 e. The van der Waals surface area contributed by atoms with Crippen LogP contribution in [0.4, 0.5) is 5.69 Å². The third kappa shape index (κ3) is 4.37. The monoisotopic (exact) mass is 493 g/mol. The molecule has 1 aliphatic heterocycles. The second kappa shape index (κ2) is 8.83. The van der Waals surface area contributed by atoms with Crippen LogP contribution in [0.25, 0.3) is 11.1 Å². The van der Waals surface area contributed by atoms with E-state index in [1.54, 1.807) is 36.4 Å². The molecule has 3 aromatic rings. The van der Waals surface area contributed by atoms with Crippen molar-refractivity contribution in [3.05, 3.63) is 75.9 Å². The van der Waals surface area contributed by atoms with Crippen molar-refractivity contribution in [2.24, 2.45) is 0 Å². The number of amides is 2. The SMILES string of the molecule is N#Cc1c(-c2ccc(Cl)cc2)cc(C2CC2)nc1S[C@H]1CC(=O)N(c2ccc(Cl)cc2)C1=O. The molecule has 1 aromatic heterocycles. The van der Waals surface area contributed by atoms with E-state index in [9.17, 15) is 14.9 Å². The number of halogens is 2. The van der Waals surface area contributed by atoms with Gasteiger partial charge in [-0.2, -0.15) is 5.26 Å². The van der Waals surface area contributed by atoms with Crippen molar-refractivity contribution in [1.82, 2.24) is 4.98 Å². The molecule has 0 radical (unpaired) electrons. The second-order valence-electron chi connectivity index (χ2n) is 8.02. The van der Waals surface area contributed by atoms with Gasteiger partial charge in [-0.25, -0.2) is 9.88 Å². The predicted molar refractivity (Wildman–Crippen MR) is 130 cm³/mol. The van der Waals surface area contributed by atoms with Crippen molar-refractivity contribution in [3.63, 3.8) is 0 Å². The summed E-state index contributed by atoms with van der Waals surface area (Å²) in [5, 5.41) is 11.0. The molecule has 0 bridgehead atoms. The van der Waals surface area contributed by atoms with Gasteiger partial charge in [0.05, 0.1) is 16.5 Å². The molecule has 1 aliphatic carbocycles. The molecule has 2 aromatic carbocycles. The molecule has 0 spiro atoms. The first-order chi connectivity index (χ1) is 15.9. The van der Waals surface area contributed by atoms with Crippen molar-refractivity contribution in [3.8, 4) is 17.2 Å². The summed E-state index contributed by atoms with van der Waals surface area (Å²) >= 11 is 13.2. The lowest BCUT2D eigenvalue weighted by Crippen LogP contribution is -2.31. The molecular formula is C25H17Cl2N3O2S. The Balaban J connectivity index is 1.51. The zero-order chi connectivity index (χ0) is 23.1. The number of hydrogen-bond donors (Lipinski definition) is 0. The van der Waals surface area contributed by atoms with E-state index in [2.05, 4.69) is 6.07 Å². The average molecular weight is 494 g/mol. The number of nitrogens with zero attached hydrogens (tertiary/aromatic N) is 3. The highest BCUT2D eigenvalue weighted by atomic mass is 35.5. The molecule has 2 fully saturated rings.